The molecule has 104 valence electrons. The first-order valence-corrected chi connectivity index (χ1v) is 7.10. The van der Waals surface area contributed by atoms with Crippen molar-refractivity contribution in [3.05, 3.63) is 48.5 Å². The molecule has 0 spiro atoms. The Morgan fingerprint density at radius 2 is 1.65 bits per heavy atom. The largest absolute Gasteiger partial charge is 0.488 e. The topological polar surface area (TPSA) is 44.5 Å². The average Bonchev–Trinajstić information content (AvgIpc) is 2.97. The lowest BCUT2D eigenvalue weighted by atomic mass is 10.2. The minimum Gasteiger partial charge on any atom is -0.488 e. The Bertz CT molecular complexity index is 562. The maximum Gasteiger partial charge on any atom is 0.146 e. The summed E-state index contributed by atoms with van der Waals surface area (Å²) in [6, 6.07) is 15.3. The van der Waals surface area contributed by atoms with Gasteiger partial charge in [0.25, 0.3) is 0 Å². The lowest BCUT2D eigenvalue weighted by molar-refractivity contribution is 0.210. The van der Waals surface area contributed by atoms with E-state index in [2.05, 4.69) is 0 Å². The molecule has 0 unspecified atom stereocenters. The van der Waals surface area contributed by atoms with Crippen LogP contribution in [0, 0.1) is 0 Å². The number of nitrogens with two attached hydrogens (primary N) is 1. The molecule has 20 heavy (non-hydrogen) atoms. The number of rotatable bonds is 4. The van der Waals surface area contributed by atoms with E-state index in [9.17, 15) is 0 Å². The van der Waals surface area contributed by atoms with E-state index in [1.807, 2.05) is 48.5 Å². The van der Waals surface area contributed by atoms with Crippen LogP contribution in [0.3, 0.4) is 0 Å². The Hall–Kier alpha value is -2.16. The zero-order valence-corrected chi connectivity index (χ0v) is 11.4. The zero-order chi connectivity index (χ0) is 13.8. The van der Waals surface area contributed by atoms with E-state index in [1.54, 1.807) is 0 Å². The maximum absolute atomic E-state index is 5.98. The van der Waals surface area contributed by atoms with Gasteiger partial charge in [-0.2, -0.15) is 0 Å². The molecule has 0 aliphatic heterocycles. The van der Waals surface area contributed by atoms with Crippen molar-refractivity contribution in [3.8, 4) is 17.2 Å². The maximum atomic E-state index is 5.98. The molecule has 1 aliphatic carbocycles. The Kier molecular flexibility index (Phi) is 3.77. The van der Waals surface area contributed by atoms with Crippen LogP contribution in [-0.2, 0) is 0 Å². The molecule has 1 aliphatic rings. The van der Waals surface area contributed by atoms with Gasteiger partial charge in [0.2, 0.25) is 0 Å². The van der Waals surface area contributed by atoms with Gasteiger partial charge in [-0.25, -0.2) is 0 Å². The monoisotopic (exact) mass is 269 g/mol. The number of anilines is 1. The Labute approximate surface area is 119 Å². The van der Waals surface area contributed by atoms with E-state index in [4.69, 9.17) is 15.2 Å². The van der Waals surface area contributed by atoms with Crippen molar-refractivity contribution < 1.29 is 9.47 Å². The fourth-order valence-electron chi connectivity index (χ4n) is 2.49. The molecule has 0 radical (unpaired) electrons. The molecule has 0 bridgehead atoms. The molecule has 2 aromatic carbocycles. The van der Waals surface area contributed by atoms with Crippen LogP contribution >= 0.6 is 0 Å². The SMILES string of the molecule is Nc1ccc(Oc2ccccc2)cc1OC1CCCC1. The van der Waals surface area contributed by atoms with Crippen LogP contribution in [0.2, 0.25) is 0 Å². The first-order valence-electron chi connectivity index (χ1n) is 7.10. The van der Waals surface area contributed by atoms with Crippen molar-refractivity contribution in [3.63, 3.8) is 0 Å². The summed E-state index contributed by atoms with van der Waals surface area (Å²) in [5, 5.41) is 0. The number of nitrogen functional groups attached to an aromatic ring is 1. The highest BCUT2D eigenvalue weighted by molar-refractivity contribution is 5.56. The van der Waals surface area contributed by atoms with E-state index in [-0.39, 0.29) is 0 Å². The molecule has 3 rings (SSSR count). The van der Waals surface area contributed by atoms with Crippen molar-refractivity contribution in [1.82, 2.24) is 0 Å². The summed E-state index contributed by atoms with van der Waals surface area (Å²) in [4.78, 5) is 0. The molecule has 0 amide bonds. The smallest absolute Gasteiger partial charge is 0.146 e. The summed E-state index contributed by atoms with van der Waals surface area (Å²) < 4.78 is 11.8. The van der Waals surface area contributed by atoms with Crippen molar-refractivity contribution in [2.75, 3.05) is 5.73 Å². The summed E-state index contributed by atoms with van der Waals surface area (Å²) in [6.45, 7) is 0. The number of benzene rings is 2. The molecular weight excluding hydrogens is 250 g/mol. The molecule has 3 heteroatoms. The predicted molar refractivity (Wildman–Crippen MR) is 80.3 cm³/mol. The zero-order valence-electron chi connectivity index (χ0n) is 11.4. The van der Waals surface area contributed by atoms with E-state index >= 15 is 0 Å². The Morgan fingerprint density at radius 1 is 0.900 bits per heavy atom. The molecule has 0 aromatic heterocycles. The molecule has 0 heterocycles. The second-order valence-corrected chi connectivity index (χ2v) is 5.14. The average molecular weight is 269 g/mol. The van der Waals surface area contributed by atoms with Crippen LogP contribution < -0.4 is 15.2 Å². The molecule has 2 aromatic rings. The third kappa shape index (κ3) is 3.05. The van der Waals surface area contributed by atoms with Gasteiger partial charge in [-0.05, 0) is 49.9 Å². The van der Waals surface area contributed by atoms with Gasteiger partial charge in [0.15, 0.2) is 0 Å². The fourth-order valence-corrected chi connectivity index (χ4v) is 2.49. The van der Waals surface area contributed by atoms with Gasteiger partial charge >= 0.3 is 0 Å². The first-order chi connectivity index (χ1) is 9.81. The van der Waals surface area contributed by atoms with Gasteiger partial charge in [-0.1, -0.05) is 18.2 Å². The minimum absolute atomic E-state index is 0.296. The number of ether oxygens (including phenoxy) is 2. The van der Waals surface area contributed by atoms with Crippen LogP contribution in [0.15, 0.2) is 48.5 Å². The number of hydrogen-bond acceptors (Lipinski definition) is 3. The van der Waals surface area contributed by atoms with Gasteiger partial charge in [0, 0.05) is 6.07 Å². The van der Waals surface area contributed by atoms with Crippen molar-refractivity contribution in [1.29, 1.82) is 0 Å². The van der Waals surface area contributed by atoms with Crippen molar-refractivity contribution >= 4 is 5.69 Å². The molecule has 0 atom stereocenters. The van der Waals surface area contributed by atoms with E-state index in [1.165, 1.54) is 12.8 Å². The second kappa shape index (κ2) is 5.87. The Balaban J connectivity index is 1.75. The van der Waals surface area contributed by atoms with Gasteiger partial charge < -0.3 is 15.2 Å². The lowest BCUT2D eigenvalue weighted by Gasteiger charge is -2.16. The quantitative estimate of drug-likeness (QED) is 0.837. The van der Waals surface area contributed by atoms with Gasteiger partial charge in [0.1, 0.15) is 17.2 Å². The summed E-state index contributed by atoms with van der Waals surface area (Å²) in [7, 11) is 0. The van der Waals surface area contributed by atoms with E-state index < -0.39 is 0 Å². The van der Waals surface area contributed by atoms with Crippen LogP contribution in [0.1, 0.15) is 25.7 Å². The highest BCUT2D eigenvalue weighted by atomic mass is 16.5. The van der Waals surface area contributed by atoms with Crippen LogP contribution in [0.25, 0.3) is 0 Å². The predicted octanol–water partition coefficient (Wildman–Crippen LogP) is 4.38. The number of hydrogen-bond donors (Lipinski definition) is 1. The molecule has 2 N–H and O–H groups in total. The third-order valence-corrected chi connectivity index (χ3v) is 3.56. The van der Waals surface area contributed by atoms with E-state index in [0.29, 0.717) is 11.8 Å². The van der Waals surface area contributed by atoms with Crippen LogP contribution in [-0.4, -0.2) is 6.10 Å². The van der Waals surface area contributed by atoms with Crippen molar-refractivity contribution in [2.24, 2.45) is 0 Å². The lowest BCUT2D eigenvalue weighted by Crippen LogP contribution is -2.12. The summed E-state index contributed by atoms with van der Waals surface area (Å²) in [5.41, 5.74) is 6.64. The van der Waals surface area contributed by atoms with Gasteiger partial charge in [-0.15, -0.1) is 0 Å². The van der Waals surface area contributed by atoms with Crippen LogP contribution in [0.4, 0.5) is 5.69 Å². The highest BCUT2D eigenvalue weighted by Gasteiger charge is 2.17. The Morgan fingerprint density at radius 3 is 2.40 bits per heavy atom. The van der Waals surface area contributed by atoms with Gasteiger partial charge in [0.05, 0.1) is 11.8 Å². The summed E-state index contributed by atoms with van der Waals surface area (Å²) in [5.74, 6) is 2.29. The highest BCUT2D eigenvalue weighted by Crippen LogP contribution is 2.33. The number of para-hydroxylation sites is 1. The second-order valence-electron chi connectivity index (χ2n) is 5.14. The molecular formula is C17H19NO2. The van der Waals surface area contributed by atoms with E-state index in [0.717, 1.165) is 30.1 Å². The van der Waals surface area contributed by atoms with Crippen LogP contribution in [0.5, 0.6) is 17.2 Å². The molecule has 0 saturated heterocycles. The van der Waals surface area contributed by atoms with Crippen molar-refractivity contribution in [2.45, 2.75) is 31.8 Å². The normalized spacial score (nSPS) is 15.2. The third-order valence-electron chi connectivity index (χ3n) is 3.56. The standard InChI is InChI=1S/C17H19NO2/c18-16-11-10-15(19-13-6-2-1-3-7-13)12-17(16)20-14-8-4-5-9-14/h1-3,6-7,10-12,14H,4-5,8-9,18H2. The molecule has 1 fully saturated rings. The first kappa shape index (κ1) is 12.9. The molecule has 3 nitrogen and oxygen atoms in total. The summed E-state index contributed by atoms with van der Waals surface area (Å²) >= 11 is 0. The van der Waals surface area contributed by atoms with Gasteiger partial charge in [-0.3, -0.25) is 0 Å². The minimum atomic E-state index is 0.296. The fraction of sp³-hybridized carbons (Fsp3) is 0.294. The molecule has 1 saturated carbocycles. The summed E-state index contributed by atoms with van der Waals surface area (Å²) in [6.07, 6.45) is 5.01.